The monoisotopic (exact) mass is 1060 g/mol. The minimum absolute atomic E-state index is 0.141. The van der Waals surface area contributed by atoms with E-state index in [-0.39, 0.29) is 38.6 Å². The first-order valence-corrected chi connectivity index (χ1v) is 30.5. The normalized spacial score (nSPS) is 13.5. The first kappa shape index (κ1) is 72.0. The van der Waals surface area contributed by atoms with E-state index in [0.29, 0.717) is 17.4 Å². The van der Waals surface area contributed by atoms with Gasteiger partial charge in [-0.25, -0.2) is 0 Å². The van der Waals surface area contributed by atoms with Crippen molar-refractivity contribution in [1.29, 1.82) is 0 Å². The van der Waals surface area contributed by atoms with Crippen molar-refractivity contribution in [1.82, 2.24) is 0 Å². The molecule has 0 rings (SSSR count). The summed E-state index contributed by atoms with van der Waals surface area (Å²) < 4.78 is 22.7. The van der Waals surface area contributed by atoms with E-state index in [1.165, 1.54) is 103 Å². The second kappa shape index (κ2) is 57.1. The van der Waals surface area contributed by atoms with Crippen LogP contribution in [0.25, 0.3) is 0 Å². The average molecular weight is 1060 g/mol. The Kier molecular flexibility index (Phi) is 54.1. The number of hydrogen-bond acceptors (Lipinski definition) is 8. The number of carboxylic acids is 1. The summed E-state index contributed by atoms with van der Waals surface area (Å²) in [5.41, 5.74) is 0. The van der Waals surface area contributed by atoms with Gasteiger partial charge in [0.05, 0.1) is 40.3 Å². The molecule has 2 unspecified atom stereocenters. The molecule has 0 aliphatic rings. The number of carboxylic acid groups (broad SMARTS) is 1. The molecule has 76 heavy (non-hydrogen) atoms. The molecule has 0 aliphatic heterocycles. The van der Waals surface area contributed by atoms with Crippen LogP contribution < -0.4 is 5.11 Å². The van der Waals surface area contributed by atoms with Crippen LogP contribution in [-0.2, 0) is 33.3 Å². The van der Waals surface area contributed by atoms with Crippen LogP contribution in [0.4, 0.5) is 0 Å². The lowest BCUT2D eigenvalue weighted by molar-refractivity contribution is -0.870. The molecule has 0 radical (unpaired) electrons. The number of carbonyl (C=O) groups excluding carboxylic acids is 3. The lowest BCUT2D eigenvalue weighted by Crippen LogP contribution is -2.44. The van der Waals surface area contributed by atoms with Crippen molar-refractivity contribution in [2.45, 2.75) is 251 Å². The Hall–Kier alpha value is -4.05. The molecule has 0 N–H and O–H groups in total. The second-order valence-electron chi connectivity index (χ2n) is 21.3. The molecule has 9 nitrogen and oxygen atoms in total. The maximum atomic E-state index is 12.9. The standard InChI is InChI=1S/C67H113NO8/c1-6-8-10-12-14-16-18-20-22-24-25-26-27-28-29-30-31-32-33-34-35-36-37-38-39-40-41-42-44-46-48-50-52-54-56-58-65(70)76-63(62-75-67(66(71)72)73-60-59-68(3,4)5)61-74-64(69)57-55-53-51-49-47-45-43-23-21-19-17-15-13-11-9-7-2/h8,10,14,16,20,22,25-26,28-29,31-32,34-35,37-38,40-41,63,67H,6-7,9,11-13,15,17-19,21,23-24,27,30,33,36,39,42-62H2,1-5H3/b10-8-,16-14-,22-20-,26-25-,29-28-,32-31-,35-34-,38-37-,41-40-. The molecule has 434 valence electrons. The molecule has 0 aromatic rings. The van der Waals surface area contributed by atoms with Gasteiger partial charge in [0.25, 0.3) is 0 Å². The number of unbranched alkanes of at least 4 members (excludes halogenated alkanes) is 22. The Balaban J connectivity index is 4.23. The van der Waals surface area contributed by atoms with Crippen LogP contribution in [0.15, 0.2) is 109 Å². The highest BCUT2D eigenvalue weighted by molar-refractivity contribution is 5.70. The number of aliphatic carboxylic acids is 1. The molecule has 0 fully saturated rings. The summed E-state index contributed by atoms with van der Waals surface area (Å²) in [4.78, 5) is 37.3. The number of likely N-dealkylation sites (N-methyl/N-ethyl adjacent to an activating group) is 1. The Labute approximate surface area is 466 Å². The highest BCUT2D eigenvalue weighted by Crippen LogP contribution is 2.16. The van der Waals surface area contributed by atoms with Crippen molar-refractivity contribution in [3.05, 3.63) is 109 Å². The van der Waals surface area contributed by atoms with Crippen molar-refractivity contribution in [2.24, 2.45) is 0 Å². The van der Waals surface area contributed by atoms with Gasteiger partial charge < -0.3 is 33.3 Å². The van der Waals surface area contributed by atoms with E-state index in [1.54, 1.807) is 0 Å². The van der Waals surface area contributed by atoms with Crippen molar-refractivity contribution in [2.75, 3.05) is 47.5 Å². The fraction of sp³-hybridized carbons (Fsp3) is 0.687. The topological polar surface area (TPSA) is 111 Å². The Bertz CT molecular complexity index is 1610. The molecule has 0 aromatic carbocycles. The van der Waals surface area contributed by atoms with E-state index in [4.69, 9.17) is 18.9 Å². The smallest absolute Gasteiger partial charge is 0.306 e. The molecule has 0 amide bonds. The maximum absolute atomic E-state index is 12.9. The largest absolute Gasteiger partial charge is 0.545 e. The van der Waals surface area contributed by atoms with Crippen LogP contribution in [-0.4, -0.2) is 82.3 Å². The SMILES string of the molecule is CC/C=C\C/C=C\C/C=C\C/C=C\C/C=C\C/C=C\C/C=C\C/C=C\C/C=C\CCCCCCCCCC(=O)OC(COC(=O)CCCCCCCCCCCCCCCCCC)COC(OCC[N+](C)(C)C)C(=O)[O-]. The van der Waals surface area contributed by atoms with E-state index in [9.17, 15) is 19.5 Å². The molecule has 0 heterocycles. The molecule has 9 heteroatoms. The van der Waals surface area contributed by atoms with Crippen LogP contribution in [0.5, 0.6) is 0 Å². The Morgan fingerprint density at radius 2 is 0.750 bits per heavy atom. The number of rotatable bonds is 55. The first-order valence-electron chi connectivity index (χ1n) is 30.5. The number of quaternary nitrogens is 1. The van der Waals surface area contributed by atoms with Gasteiger partial charge in [0.2, 0.25) is 0 Å². The van der Waals surface area contributed by atoms with Gasteiger partial charge >= 0.3 is 11.9 Å². The lowest BCUT2D eigenvalue weighted by Gasteiger charge is -2.26. The van der Waals surface area contributed by atoms with E-state index < -0.39 is 24.3 Å². The molecule has 0 bridgehead atoms. The summed E-state index contributed by atoms with van der Waals surface area (Å²) in [5, 5.41) is 11.8. The van der Waals surface area contributed by atoms with Gasteiger partial charge in [-0.15, -0.1) is 0 Å². The van der Waals surface area contributed by atoms with Gasteiger partial charge in [0.1, 0.15) is 13.2 Å². The van der Waals surface area contributed by atoms with Crippen molar-refractivity contribution >= 4 is 17.9 Å². The number of esters is 2. The van der Waals surface area contributed by atoms with Crippen molar-refractivity contribution in [3.8, 4) is 0 Å². The van der Waals surface area contributed by atoms with Gasteiger partial charge in [-0.3, -0.25) is 9.59 Å². The highest BCUT2D eigenvalue weighted by atomic mass is 16.7. The molecule has 2 atom stereocenters. The third-order valence-corrected chi connectivity index (χ3v) is 12.8. The van der Waals surface area contributed by atoms with Gasteiger partial charge in [0.15, 0.2) is 12.4 Å². The molecule has 0 aliphatic carbocycles. The average Bonchev–Trinajstić information content (AvgIpc) is 3.39. The summed E-state index contributed by atoms with van der Waals surface area (Å²) in [6, 6.07) is 0. The van der Waals surface area contributed by atoms with Crippen molar-refractivity contribution in [3.63, 3.8) is 0 Å². The Morgan fingerprint density at radius 1 is 0.408 bits per heavy atom. The molecule has 0 spiro atoms. The van der Waals surface area contributed by atoms with Crippen LogP contribution >= 0.6 is 0 Å². The molecule has 0 aromatic heterocycles. The predicted octanol–water partition coefficient (Wildman–Crippen LogP) is 17.0. The number of hydrogen-bond donors (Lipinski definition) is 0. The molecule has 0 saturated heterocycles. The summed E-state index contributed by atoms with van der Waals surface area (Å²) >= 11 is 0. The minimum Gasteiger partial charge on any atom is -0.545 e. The van der Waals surface area contributed by atoms with Gasteiger partial charge in [-0.1, -0.05) is 252 Å². The van der Waals surface area contributed by atoms with E-state index in [1.807, 2.05) is 21.1 Å². The zero-order chi connectivity index (χ0) is 55.5. The number of ether oxygens (including phenoxy) is 4. The predicted molar refractivity (Wildman–Crippen MR) is 320 cm³/mol. The van der Waals surface area contributed by atoms with Gasteiger partial charge in [0, 0.05) is 12.8 Å². The highest BCUT2D eigenvalue weighted by Gasteiger charge is 2.22. The van der Waals surface area contributed by atoms with Gasteiger partial charge in [-0.2, -0.15) is 0 Å². The summed E-state index contributed by atoms with van der Waals surface area (Å²) in [7, 11) is 5.91. The number of nitrogens with zero attached hydrogens (tertiary/aromatic N) is 1. The molecule has 0 saturated carbocycles. The van der Waals surface area contributed by atoms with Crippen LogP contribution in [0.1, 0.15) is 239 Å². The van der Waals surface area contributed by atoms with E-state index in [2.05, 4.69) is 123 Å². The zero-order valence-corrected chi connectivity index (χ0v) is 49.3. The fourth-order valence-corrected chi connectivity index (χ4v) is 8.12. The maximum Gasteiger partial charge on any atom is 0.306 e. The van der Waals surface area contributed by atoms with Crippen LogP contribution in [0.2, 0.25) is 0 Å². The summed E-state index contributed by atoms with van der Waals surface area (Å²) in [5.74, 6) is -2.30. The second-order valence-corrected chi connectivity index (χ2v) is 21.3. The third kappa shape index (κ3) is 57.7. The third-order valence-electron chi connectivity index (χ3n) is 12.8. The minimum atomic E-state index is -1.63. The Morgan fingerprint density at radius 3 is 1.12 bits per heavy atom. The van der Waals surface area contributed by atoms with Crippen LogP contribution in [0, 0.1) is 0 Å². The van der Waals surface area contributed by atoms with Crippen molar-refractivity contribution < 1.29 is 42.9 Å². The summed E-state index contributed by atoms with van der Waals surface area (Å²) in [6.07, 6.45) is 75.7. The number of allylic oxidation sites excluding steroid dienone is 18. The summed E-state index contributed by atoms with van der Waals surface area (Å²) in [6.45, 7) is 4.62. The lowest BCUT2D eigenvalue weighted by atomic mass is 10.0. The first-order chi connectivity index (χ1) is 37.1. The molecular formula is C67H113NO8. The van der Waals surface area contributed by atoms with E-state index >= 15 is 0 Å². The van der Waals surface area contributed by atoms with Crippen LogP contribution in [0.3, 0.4) is 0 Å². The number of carbonyl (C=O) groups is 3. The fourth-order valence-electron chi connectivity index (χ4n) is 8.12. The van der Waals surface area contributed by atoms with Gasteiger partial charge in [-0.05, 0) is 83.5 Å². The molecular weight excluding hydrogens is 947 g/mol. The zero-order valence-electron chi connectivity index (χ0n) is 49.3. The van der Waals surface area contributed by atoms with E-state index in [0.717, 1.165) is 103 Å². The quantitative estimate of drug-likeness (QED) is 0.0195.